The van der Waals surface area contributed by atoms with Crippen molar-refractivity contribution in [3.63, 3.8) is 0 Å². The first-order chi connectivity index (χ1) is 6.79. The molecule has 0 saturated carbocycles. The first-order valence-corrected chi connectivity index (χ1v) is 5.35. The normalized spacial score (nSPS) is 27.9. The zero-order valence-corrected chi connectivity index (χ0v) is 8.79. The molecule has 1 saturated heterocycles. The highest BCUT2D eigenvalue weighted by Gasteiger charge is 2.23. The molecule has 1 fully saturated rings. The van der Waals surface area contributed by atoms with E-state index in [0.717, 1.165) is 31.1 Å². The van der Waals surface area contributed by atoms with Crippen molar-refractivity contribution in [2.24, 2.45) is 0 Å². The molecular weight excluding hydrogens is 178 g/mol. The molecule has 1 aliphatic rings. The minimum Gasteiger partial charge on any atom is -0.339 e. The van der Waals surface area contributed by atoms with Crippen molar-refractivity contribution in [2.75, 3.05) is 6.54 Å². The molecule has 2 heterocycles. The number of aryl methyl sites for hydroxylation is 1. The van der Waals surface area contributed by atoms with E-state index in [1.807, 2.05) is 6.92 Å². The molecule has 1 aromatic heterocycles. The maximum atomic E-state index is 5.23. The third-order valence-corrected chi connectivity index (χ3v) is 2.81. The Morgan fingerprint density at radius 2 is 2.36 bits per heavy atom. The molecule has 4 nitrogen and oxygen atoms in total. The first kappa shape index (κ1) is 9.65. The summed E-state index contributed by atoms with van der Waals surface area (Å²) in [5.41, 5.74) is 0. The van der Waals surface area contributed by atoms with E-state index in [9.17, 15) is 0 Å². The molecule has 1 N–H and O–H groups in total. The monoisotopic (exact) mass is 195 g/mol. The van der Waals surface area contributed by atoms with Crippen LogP contribution in [0.5, 0.6) is 0 Å². The zero-order valence-electron chi connectivity index (χ0n) is 8.79. The average molecular weight is 195 g/mol. The number of aromatic nitrogens is 2. The van der Waals surface area contributed by atoms with Crippen molar-refractivity contribution in [3.05, 3.63) is 11.7 Å². The second-order valence-electron chi connectivity index (χ2n) is 3.99. The Morgan fingerprint density at radius 1 is 1.50 bits per heavy atom. The summed E-state index contributed by atoms with van der Waals surface area (Å²) in [5, 5.41) is 7.35. The Morgan fingerprint density at radius 3 is 2.93 bits per heavy atom. The Labute approximate surface area is 84.1 Å². The molecule has 0 aliphatic carbocycles. The van der Waals surface area contributed by atoms with E-state index < -0.39 is 0 Å². The fraction of sp³-hybridized carbons (Fsp3) is 0.800. The van der Waals surface area contributed by atoms with Gasteiger partial charge in [-0.2, -0.15) is 4.98 Å². The van der Waals surface area contributed by atoms with Gasteiger partial charge in [0, 0.05) is 19.0 Å². The van der Waals surface area contributed by atoms with Gasteiger partial charge in [-0.25, -0.2) is 0 Å². The highest BCUT2D eigenvalue weighted by atomic mass is 16.5. The summed E-state index contributed by atoms with van der Waals surface area (Å²) < 4.78 is 5.23. The molecule has 2 unspecified atom stereocenters. The van der Waals surface area contributed by atoms with Crippen LogP contribution in [0, 0.1) is 0 Å². The van der Waals surface area contributed by atoms with E-state index in [1.54, 1.807) is 0 Å². The number of hydrogen-bond donors (Lipinski definition) is 1. The minimum atomic E-state index is 0.416. The fourth-order valence-corrected chi connectivity index (χ4v) is 1.79. The number of rotatable bonds is 2. The molecule has 78 valence electrons. The predicted octanol–water partition coefficient (Wildman–Crippen LogP) is 1.49. The predicted molar refractivity (Wildman–Crippen MR) is 53.1 cm³/mol. The summed E-state index contributed by atoms with van der Waals surface area (Å²) in [7, 11) is 0. The number of piperidine rings is 1. The van der Waals surface area contributed by atoms with Gasteiger partial charge in [0.1, 0.15) is 0 Å². The van der Waals surface area contributed by atoms with Crippen molar-refractivity contribution in [3.8, 4) is 0 Å². The van der Waals surface area contributed by atoms with Crippen LogP contribution in [0.25, 0.3) is 0 Å². The van der Waals surface area contributed by atoms with Gasteiger partial charge in [-0.3, -0.25) is 0 Å². The largest absolute Gasteiger partial charge is 0.339 e. The Kier molecular flexibility index (Phi) is 2.82. The molecule has 0 aromatic carbocycles. The van der Waals surface area contributed by atoms with Crippen LogP contribution in [0.2, 0.25) is 0 Å². The van der Waals surface area contributed by atoms with Crippen molar-refractivity contribution < 1.29 is 4.52 Å². The van der Waals surface area contributed by atoms with E-state index >= 15 is 0 Å². The summed E-state index contributed by atoms with van der Waals surface area (Å²) >= 11 is 0. The summed E-state index contributed by atoms with van der Waals surface area (Å²) in [5.74, 6) is 2.04. The van der Waals surface area contributed by atoms with Gasteiger partial charge in [-0.15, -0.1) is 0 Å². The van der Waals surface area contributed by atoms with Crippen LogP contribution in [0.1, 0.15) is 44.3 Å². The van der Waals surface area contributed by atoms with Crippen LogP contribution in [0.15, 0.2) is 4.52 Å². The van der Waals surface area contributed by atoms with Crippen molar-refractivity contribution in [1.29, 1.82) is 0 Å². The molecule has 0 spiro atoms. The lowest BCUT2D eigenvalue weighted by molar-refractivity contribution is 0.299. The van der Waals surface area contributed by atoms with Gasteiger partial charge in [0.15, 0.2) is 5.82 Å². The minimum absolute atomic E-state index is 0.416. The SMILES string of the molecule is CCc1noc(C2CCC(C)NC2)n1. The van der Waals surface area contributed by atoms with Crippen LogP contribution in [0.3, 0.4) is 0 Å². The molecule has 2 rings (SSSR count). The standard InChI is InChI=1S/C10H17N3O/c1-3-9-12-10(14-13-9)8-5-4-7(2)11-6-8/h7-8,11H,3-6H2,1-2H3. The van der Waals surface area contributed by atoms with Crippen molar-refractivity contribution in [2.45, 2.75) is 45.1 Å². The Bertz CT molecular complexity index is 289. The van der Waals surface area contributed by atoms with Crippen molar-refractivity contribution >= 4 is 0 Å². The van der Waals surface area contributed by atoms with Crippen LogP contribution < -0.4 is 5.32 Å². The quantitative estimate of drug-likeness (QED) is 0.776. The lowest BCUT2D eigenvalue weighted by Crippen LogP contribution is -2.35. The van der Waals surface area contributed by atoms with Gasteiger partial charge >= 0.3 is 0 Å². The lowest BCUT2D eigenvalue weighted by Gasteiger charge is -2.24. The maximum Gasteiger partial charge on any atom is 0.231 e. The molecule has 4 heteroatoms. The zero-order chi connectivity index (χ0) is 9.97. The van der Waals surface area contributed by atoms with E-state index in [4.69, 9.17) is 4.52 Å². The Hall–Kier alpha value is -0.900. The van der Waals surface area contributed by atoms with Gasteiger partial charge in [0.05, 0.1) is 5.92 Å². The van der Waals surface area contributed by atoms with E-state index in [0.29, 0.717) is 12.0 Å². The third kappa shape index (κ3) is 1.95. The summed E-state index contributed by atoms with van der Waals surface area (Å²) in [6.07, 6.45) is 3.19. The first-order valence-electron chi connectivity index (χ1n) is 5.35. The van der Waals surface area contributed by atoms with E-state index in [1.165, 1.54) is 6.42 Å². The summed E-state index contributed by atoms with van der Waals surface area (Å²) in [6.45, 7) is 5.21. The second kappa shape index (κ2) is 4.09. The molecule has 2 atom stereocenters. The molecule has 0 radical (unpaired) electrons. The van der Waals surface area contributed by atoms with Gasteiger partial charge in [0.25, 0.3) is 0 Å². The average Bonchev–Trinajstić information content (AvgIpc) is 2.67. The van der Waals surface area contributed by atoms with Gasteiger partial charge in [-0.1, -0.05) is 12.1 Å². The summed E-state index contributed by atoms with van der Waals surface area (Å²) in [6, 6.07) is 0.625. The maximum absolute atomic E-state index is 5.23. The number of nitrogens with zero attached hydrogens (tertiary/aromatic N) is 2. The molecule has 0 amide bonds. The Balaban J connectivity index is 2.01. The molecule has 1 aromatic rings. The van der Waals surface area contributed by atoms with Gasteiger partial charge in [0.2, 0.25) is 5.89 Å². The molecule has 0 bridgehead atoms. The van der Waals surface area contributed by atoms with Gasteiger partial charge in [-0.05, 0) is 19.8 Å². The van der Waals surface area contributed by atoms with Crippen LogP contribution in [-0.2, 0) is 6.42 Å². The smallest absolute Gasteiger partial charge is 0.231 e. The van der Waals surface area contributed by atoms with Crippen LogP contribution >= 0.6 is 0 Å². The number of hydrogen-bond acceptors (Lipinski definition) is 4. The lowest BCUT2D eigenvalue weighted by atomic mass is 9.95. The van der Waals surface area contributed by atoms with Crippen LogP contribution in [-0.4, -0.2) is 22.7 Å². The third-order valence-electron chi connectivity index (χ3n) is 2.81. The van der Waals surface area contributed by atoms with E-state index in [-0.39, 0.29) is 0 Å². The highest BCUT2D eigenvalue weighted by molar-refractivity contribution is 4.97. The molecule has 14 heavy (non-hydrogen) atoms. The molecular formula is C10H17N3O. The van der Waals surface area contributed by atoms with Gasteiger partial charge < -0.3 is 9.84 Å². The molecule has 1 aliphatic heterocycles. The highest BCUT2D eigenvalue weighted by Crippen LogP contribution is 2.23. The van der Waals surface area contributed by atoms with Crippen LogP contribution in [0.4, 0.5) is 0 Å². The topological polar surface area (TPSA) is 51.0 Å². The van der Waals surface area contributed by atoms with Crippen molar-refractivity contribution in [1.82, 2.24) is 15.5 Å². The fourth-order valence-electron chi connectivity index (χ4n) is 1.79. The second-order valence-corrected chi connectivity index (χ2v) is 3.99. The van der Waals surface area contributed by atoms with E-state index in [2.05, 4.69) is 22.4 Å². The number of nitrogens with one attached hydrogen (secondary N) is 1. The summed E-state index contributed by atoms with van der Waals surface area (Å²) in [4.78, 5) is 4.36.